The first-order chi connectivity index (χ1) is 7.45. The van der Waals surface area contributed by atoms with E-state index in [1.54, 1.807) is 0 Å². The molecule has 0 saturated heterocycles. The van der Waals surface area contributed by atoms with E-state index in [-0.39, 0.29) is 24.9 Å². The maximum absolute atomic E-state index is 11.3. The quantitative estimate of drug-likeness (QED) is 0.512. The number of rotatable bonds is 8. The largest absolute Gasteiger partial charge is 0.481 e. The van der Waals surface area contributed by atoms with Gasteiger partial charge in [0.05, 0.1) is 6.10 Å². The minimum Gasteiger partial charge on any atom is -0.481 e. The van der Waals surface area contributed by atoms with E-state index in [0.717, 1.165) is 12.0 Å². The van der Waals surface area contributed by atoms with Gasteiger partial charge in [0.2, 0.25) is 0 Å². The highest BCUT2D eigenvalue weighted by atomic mass is 16.5. The van der Waals surface area contributed by atoms with Gasteiger partial charge in [0, 0.05) is 12.8 Å². The zero-order valence-electron chi connectivity index (χ0n) is 9.99. The molecule has 16 heavy (non-hydrogen) atoms. The summed E-state index contributed by atoms with van der Waals surface area (Å²) in [5, 5.41) is 8.46. The predicted octanol–water partition coefficient (Wildman–Crippen LogP) is 2.53. The van der Waals surface area contributed by atoms with Crippen LogP contribution in [0.2, 0.25) is 0 Å². The van der Waals surface area contributed by atoms with Gasteiger partial charge in [-0.15, -0.1) is 0 Å². The van der Waals surface area contributed by atoms with Crippen molar-refractivity contribution in [2.75, 3.05) is 0 Å². The number of ether oxygens (including phenoxy) is 1. The monoisotopic (exact) mass is 228 g/mol. The molecule has 4 heteroatoms. The van der Waals surface area contributed by atoms with Crippen LogP contribution in [0.4, 0.5) is 0 Å². The summed E-state index contributed by atoms with van der Waals surface area (Å²) in [6, 6.07) is 0. The predicted molar refractivity (Wildman–Crippen MR) is 61.1 cm³/mol. The SMILES string of the molecule is C=C(CCC(=O)O)CCC(=O)OC(C)CC. The maximum atomic E-state index is 11.3. The van der Waals surface area contributed by atoms with Crippen LogP contribution >= 0.6 is 0 Å². The van der Waals surface area contributed by atoms with E-state index in [1.807, 2.05) is 13.8 Å². The van der Waals surface area contributed by atoms with Gasteiger partial charge in [-0.2, -0.15) is 0 Å². The number of carboxylic acid groups (broad SMARTS) is 1. The molecule has 0 bridgehead atoms. The molecule has 0 aliphatic carbocycles. The molecule has 0 rings (SSSR count). The Morgan fingerprint density at radius 3 is 2.31 bits per heavy atom. The zero-order chi connectivity index (χ0) is 12.6. The van der Waals surface area contributed by atoms with Gasteiger partial charge in [-0.05, 0) is 26.2 Å². The molecular weight excluding hydrogens is 208 g/mol. The molecule has 0 radical (unpaired) electrons. The highest BCUT2D eigenvalue weighted by Crippen LogP contribution is 2.11. The number of allylic oxidation sites excluding steroid dienone is 1. The highest BCUT2D eigenvalue weighted by Gasteiger charge is 2.08. The van der Waals surface area contributed by atoms with Gasteiger partial charge in [-0.3, -0.25) is 9.59 Å². The van der Waals surface area contributed by atoms with E-state index in [9.17, 15) is 9.59 Å². The standard InChI is InChI=1S/C12H20O4/c1-4-10(3)16-12(15)8-6-9(2)5-7-11(13)14/h10H,2,4-8H2,1,3H3,(H,13,14). The first-order valence-electron chi connectivity index (χ1n) is 5.53. The second kappa shape index (κ2) is 7.91. The summed E-state index contributed by atoms with van der Waals surface area (Å²) in [5.74, 6) is -1.09. The van der Waals surface area contributed by atoms with Gasteiger partial charge in [-0.25, -0.2) is 0 Å². The Kier molecular flexibility index (Phi) is 7.25. The van der Waals surface area contributed by atoms with Crippen molar-refractivity contribution in [3.05, 3.63) is 12.2 Å². The van der Waals surface area contributed by atoms with Gasteiger partial charge in [0.15, 0.2) is 0 Å². The van der Waals surface area contributed by atoms with Crippen molar-refractivity contribution in [3.63, 3.8) is 0 Å². The Labute approximate surface area is 96.3 Å². The van der Waals surface area contributed by atoms with Crippen LogP contribution in [0.15, 0.2) is 12.2 Å². The minimum atomic E-state index is -0.844. The molecule has 0 aliphatic heterocycles. The van der Waals surface area contributed by atoms with Crippen molar-refractivity contribution in [1.29, 1.82) is 0 Å². The number of carbonyl (C=O) groups is 2. The first-order valence-corrected chi connectivity index (χ1v) is 5.53. The van der Waals surface area contributed by atoms with Crippen molar-refractivity contribution in [3.8, 4) is 0 Å². The molecular formula is C12H20O4. The first kappa shape index (κ1) is 14.7. The Hall–Kier alpha value is -1.32. The van der Waals surface area contributed by atoms with Crippen molar-refractivity contribution < 1.29 is 19.4 Å². The van der Waals surface area contributed by atoms with Crippen LogP contribution in [0.5, 0.6) is 0 Å². The topological polar surface area (TPSA) is 63.6 Å². The summed E-state index contributed by atoms with van der Waals surface area (Å²) in [5.41, 5.74) is 0.781. The van der Waals surface area contributed by atoms with Crippen LogP contribution < -0.4 is 0 Å². The highest BCUT2D eigenvalue weighted by molar-refractivity contribution is 5.70. The summed E-state index contributed by atoms with van der Waals surface area (Å²) in [4.78, 5) is 21.6. The van der Waals surface area contributed by atoms with Crippen LogP contribution in [-0.4, -0.2) is 23.1 Å². The second-order valence-corrected chi connectivity index (χ2v) is 3.85. The molecule has 0 amide bonds. The molecule has 0 saturated carbocycles. The van der Waals surface area contributed by atoms with Crippen molar-refractivity contribution in [2.24, 2.45) is 0 Å². The van der Waals surface area contributed by atoms with Gasteiger partial charge in [-0.1, -0.05) is 19.1 Å². The van der Waals surface area contributed by atoms with E-state index in [1.165, 1.54) is 0 Å². The van der Waals surface area contributed by atoms with Gasteiger partial charge in [0.25, 0.3) is 0 Å². The fraction of sp³-hybridized carbons (Fsp3) is 0.667. The van der Waals surface area contributed by atoms with Crippen LogP contribution in [0.25, 0.3) is 0 Å². The van der Waals surface area contributed by atoms with E-state index in [2.05, 4.69) is 6.58 Å². The average Bonchev–Trinajstić information content (AvgIpc) is 2.23. The van der Waals surface area contributed by atoms with E-state index in [4.69, 9.17) is 9.84 Å². The molecule has 0 aromatic heterocycles. The van der Waals surface area contributed by atoms with Crippen molar-refractivity contribution in [1.82, 2.24) is 0 Å². The molecule has 0 aromatic carbocycles. The molecule has 1 unspecified atom stereocenters. The molecule has 0 spiro atoms. The van der Waals surface area contributed by atoms with Crippen molar-refractivity contribution >= 4 is 11.9 Å². The molecule has 1 atom stereocenters. The Morgan fingerprint density at radius 1 is 1.25 bits per heavy atom. The van der Waals surface area contributed by atoms with E-state index in [0.29, 0.717) is 12.8 Å². The molecule has 92 valence electrons. The summed E-state index contributed by atoms with van der Waals surface area (Å²) in [6.45, 7) is 7.52. The summed E-state index contributed by atoms with van der Waals surface area (Å²) < 4.78 is 5.08. The third-order valence-electron chi connectivity index (χ3n) is 2.28. The summed E-state index contributed by atoms with van der Waals surface area (Å²) in [7, 11) is 0. The third kappa shape index (κ3) is 8.03. The average molecular weight is 228 g/mol. The lowest BCUT2D eigenvalue weighted by molar-refractivity contribution is -0.148. The molecule has 4 nitrogen and oxygen atoms in total. The Morgan fingerprint density at radius 2 is 1.81 bits per heavy atom. The second-order valence-electron chi connectivity index (χ2n) is 3.85. The number of carboxylic acids is 1. The van der Waals surface area contributed by atoms with Crippen molar-refractivity contribution in [2.45, 2.75) is 52.1 Å². The van der Waals surface area contributed by atoms with Gasteiger partial charge < -0.3 is 9.84 Å². The Bertz CT molecular complexity index is 258. The number of carbonyl (C=O) groups excluding carboxylic acids is 1. The summed E-state index contributed by atoms with van der Waals surface area (Å²) >= 11 is 0. The van der Waals surface area contributed by atoms with Crippen LogP contribution in [0, 0.1) is 0 Å². The smallest absolute Gasteiger partial charge is 0.306 e. The Balaban J connectivity index is 3.67. The van der Waals surface area contributed by atoms with Gasteiger partial charge >= 0.3 is 11.9 Å². The third-order valence-corrected chi connectivity index (χ3v) is 2.28. The fourth-order valence-electron chi connectivity index (χ4n) is 1.05. The summed E-state index contributed by atoms with van der Waals surface area (Å²) in [6.07, 6.45) is 2.02. The molecule has 0 heterocycles. The van der Waals surface area contributed by atoms with Gasteiger partial charge in [0.1, 0.15) is 0 Å². The van der Waals surface area contributed by atoms with E-state index >= 15 is 0 Å². The van der Waals surface area contributed by atoms with Crippen LogP contribution in [0.1, 0.15) is 46.0 Å². The normalized spacial score (nSPS) is 11.9. The maximum Gasteiger partial charge on any atom is 0.306 e. The number of esters is 1. The fourth-order valence-corrected chi connectivity index (χ4v) is 1.05. The van der Waals surface area contributed by atoms with Crippen LogP contribution in [0.3, 0.4) is 0 Å². The lowest BCUT2D eigenvalue weighted by atomic mass is 10.1. The molecule has 0 aromatic rings. The van der Waals surface area contributed by atoms with E-state index < -0.39 is 5.97 Å². The number of aliphatic carboxylic acids is 1. The minimum absolute atomic E-state index is 0.0558. The lowest BCUT2D eigenvalue weighted by Gasteiger charge is -2.10. The molecule has 1 N–H and O–H groups in total. The zero-order valence-corrected chi connectivity index (χ0v) is 9.99. The number of hydrogen-bond donors (Lipinski definition) is 1. The van der Waals surface area contributed by atoms with Crippen LogP contribution in [-0.2, 0) is 14.3 Å². The number of hydrogen-bond acceptors (Lipinski definition) is 3. The lowest BCUT2D eigenvalue weighted by Crippen LogP contribution is -2.13. The molecule has 0 aliphatic rings. The molecule has 0 fully saturated rings.